The summed E-state index contributed by atoms with van der Waals surface area (Å²) in [6.07, 6.45) is 20.0. The molecule has 0 saturated carbocycles. The number of ether oxygens (including phenoxy) is 3. The maximum absolute atomic E-state index is 12.3. The first-order valence-electron chi connectivity index (χ1n) is 15.2. The molecular formula is C29H61NO7P+. The molecule has 228 valence electrons. The standard InChI is InChI=1S/C29H60NO7P/c1-6-7-8-9-10-11-12-13-14-15-16-17-18-19-20-21-24-35-26-28(37-29(31)34-5)27-36-38(32,33)25-22-23-30(2,3)4/h28H,6-27H2,1-5H3/p+1. The van der Waals surface area contributed by atoms with E-state index in [4.69, 9.17) is 14.0 Å². The van der Waals surface area contributed by atoms with Gasteiger partial charge in [-0.2, -0.15) is 0 Å². The van der Waals surface area contributed by atoms with Gasteiger partial charge in [0.05, 0.1) is 54.2 Å². The van der Waals surface area contributed by atoms with Crippen LogP contribution in [-0.2, 0) is 23.3 Å². The van der Waals surface area contributed by atoms with Crippen molar-refractivity contribution in [1.82, 2.24) is 0 Å². The van der Waals surface area contributed by atoms with Crippen LogP contribution in [-0.4, -0.2) is 82.4 Å². The number of carbonyl (C=O) groups excluding carboxylic acids is 1. The summed E-state index contributed by atoms with van der Waals surface area (Å²) in [5.74, 6) is 0. The van der Waals surface area contributed by atoms with Crippen LogP contribution in [0.4, 0.5) is 4.79 Å². The van der Waals surface area contributed by atoms with Gasteiger partial charge in [0.15, 0.2) is 6.10 Å². The molecule has 38 heavy (non-hydrogen) atoms. The predicted molar refractivity (Wildman–Crippen MR) is 156 cm³/mol. The molecule has 0 heterocycles. The van der Waals surface area contributed by atoms with Gasteiger partial charge in [0.2, 0.25) is 0 Å². The van der Waals surface area contributed by atoms with Crippen molar-refractivity contribution in [2.75, 3.05) is 60.8 Å². The van der Waals surface area contributed by atoms with Crippen molar-refractivity contribution in [3.63, 3.8) is 0 Å². The molecule has 1 N–H and O–H groups in total. The van der Waals surface area contributed by atoms with Crippen LogP contribution < -0.4 is 0 Å². The molecule has 0 saturated heterocycles. The summed E-state index contributed by atoms with van der Waals surface area (Å²) in [7, 11) is 3.54. The number of carbonyl (C=O) groups is 1. The molecule has 0 fully saturated rings. The van der Waals surface area contributed by atoms with Crippen molar-refractivity contribution in [3.05, 3.63) is 0 Å². The molecule has 0 aliphatic carbocycles. The molecule has 9 heteroatoms. The highest BCUT2D eigenvalue weighted by molar-refractivity contribution is 7.52. The molecular weight excluding hydrogens is 505 g/mol. The van der Waals surface area contributed by atoms with Crippen LogP contribution in [0, 0.1) is 0 Å². The monoisotopic (exact) mass is 566 g/mol. The first-order valence-corrected chi connectivity index (χ1v) is 16.9. The van der Waals surface area contributed by atoms with Crippen molar-refractivity contribution in [2.24, 2.45) is 0 Å². The van der Waals surface area contributed by atoms with E-state index in [0.29, 0.717) is 17.5 Å². The number of quaternary nitrogens is 1. The smallest absolute Gasteiger partial charge is 0.438 e. The van der Waals surface area contributed by atoms with Gasteiger partial charge in [-0.05, 0) is 6.42 Å². The largest absolute Gasteiger partial charge is 0.508 e. The van der Waals surface area contributed by atoms with Gasteiger partial charge >= 0.3 is 13.8 Å². The average molecular weight is 567 g/mol. The number of rotatable bonds is 27. The van der Waals surface area contributed by atoms with E-state index in [1.54, 1.807) is 0 Å². The lowest BCUT2D eigenvalue weighted by molar-refractivity contribution is -0.870. The molecule has 0 aromatic carbocycles. The Kier molecular flexibility index (Phi) is 23.7. The Morgan fingerprint density at radius 1 is 0.763 bits per heavy atom. The van der Waals surface area contributed by atoms with E-state index in [-0.39, 0.29) is 19.4 Å². The van der Waals surface area contributed by atoms with E-state index >= 15 is 0 Å². The first-order chi connectivity index (χ1) is 18.1. The molecule has 8 nitrogen and oxygen atoms in total. The van der Waals surface area contributed by atoms with Gasteiger partial charge in [0, 0.05) is 13.0 Å². The van der Waals surface area contributed by atoms with Crippen molar-refractivity contribution >= 4 is 13.8 Å². The van der Waals surface area contributed by atoms with Gasteiger partial charge in [-0.25, -0.2) is 4.79 Å². The topological polar surface area (TPSA) is 91.3 Å². The van der Waals surface area contributed by atoms with Crippen LogP contribution in [0.3, 0.4) is 0 Å². The average Bonchev–Trinajstić information content (AvgIpc) is 2.85. The molecule has 0 amide bonds. The van der Waals surface area contributed by atoms with E-state index in [0.717, 1.165) is 19.4 Å². The summed E-state index contributed by atoms with van der Waals surface area (Å²) >= 11 is 0. The second-order valence-corrected chi connectivity index (χ2v) is 13.6. The maximum atomic E-state index is 12.3. The van der Waals surface area contributed by atoms with Crippen molar-refractivity contribution in [1.29, 1.82) is 0 Å². The van der Waals surface area contributed by atoms with Gasteiger partial charge < -0.3 is 28.1 Å². The maximum Gasteiger partial charge on any atom is 0.508 e. The van der Waals surface area contributed by atoms with Crippen molar-refractivity contribution in [2.45, 2.75) is 122 Å². The fraction of sp³-hybridized carbons (Fsp3) is 0.966. The quantitative estimate of drug-likeness (QED) is 0.0471. The lowest BCUT2D eigenvalue weighted by atomic mass is 10.0. The summed E-state index contributed by atoms with van der Waals surface area (Å²) in [4.78, 5) is 21.6. The Balaban J connectivity index is 3.80. The Bertz CT molecular complexity index is 598. The SMILES string of the molecule is CCCCCCCCCCCCCCCCCCOCC(COP(=O)(O)CCC[N+](C)(C)C)OC(=O)OC. The van der Waals surface area contributed by atoms with Crippen molar-refractivity contribution < 1.29 is 37.5 Å². The van der Waals surface area contributed by atoms with Crippen LogP contribution in [0.1, 0.15) is 116 Å². The fourth-order valence-corrected chi connectivity index (χ4v) is 5.35. The third kappa shape index (κ3) is 26.9. The number of hydrogen-bond acceptors (Lipinski definition) is 6. The molecule has 2 atom stereocenters. The zero-order valence-electron chi connectivity index (χ0n) is 25.4. The van der Waals surface area contributed by atoms with E-state index < -0.39 is 19.9 Å². The molecule has 0 bridgehead atoms. The van der Waals surface area contributed by atoms with E-state index in [1.165, 1.54) is 97.0 Å². The second-order valence-electron chi connectivity index (χ2n) is 11.6. The van der Waals surface area contributed by atoms with Gasteiger partial charge in [-0.15, -0.1) is 0 Å². The molecule has 0 aromatic rings. The Morgan fingerprint density at radius 3 is 1.68 bits per heavy atom. The van der Waals surface area contributed by atoms with Gasteiger partial charge in [0.1, 0.15) is 0 Å². The summed E-state index contributed by atoms with van der Waals surface area (Å²) in [5.41, 5.74) is 0. The highest BCUT2D eigenvalue weighted by Gasteiger charge is 2.25. The zero-order chi connectivity index (χ0) is 28.5. The summed E-state index contributed by atoms with van der Waals surface area (Å²) in [6.45, 7) is 3.49. The summed E-state index contributed by atoms with van der Waals surface area (Å²) < 4.78 is 33.6. The molecule has 0 aliphatic rings. The first kappa shape index (κ1) is 37.3. The lowest BCUT2D eigenvalue weighted by Crippen LogP contribution is -2.35. The molecule has 0 rings (SSSR count). The van der Waals surface area contributed by atoms with Crippen molar-refractivity contribution in [3.8, 4) is 0 Å². The lowest BCUT2D eigenvalue weighted by Gasteiger charge is -2.24. The minimum atomic E-state index is -3.76. The molecule has 2 unspecified atom stereocenters. The highest BCUT2D eigenvalue weighted by Crippen LogP contribution is 2.42. The molecule has 0 spiro atoms. The van der Waals surface area contributed by atoms with Crippen LogP contribution >= 0.6 is 7.60 Å². The van der Waals surface area contributed by atoms with E-state index in [2.05, 4.69) is 11.7 Å². The minimum absolute atomic E-state index is 0.0630. The van der Waals surface area contributed by atoms with Crippen LogP contribution in [0.5, 0.6) is 0 Å². The number of methoxy groups -OCH3 is 1. The van der Waals surface area contributed by atoms with Gasteiger partial charge in [-0.3, -0.25) is 4.57 Å². The molecule has 0 aliphatic heterocycles. The third-order valence-corrected chi connectivity index (χ3v) is 8.04. The van der Waals surface area contributed by atoms with Crippen LogP contribution in [0.15, 0.2) is 0 Å². The number of nitrogens with zero attached hydrogens (tertiary/aromatic N) is 1. The summed E-state index contributed by atoms with van der Waals surface area (Å²) in [5, 5.41) is 0. The molecule has 0 aromatic heterocycles. The minimum Gasteiger partial charge on any atom is -0.438 e. The predicted octanol–water partition coefficient (Wildman–Crippen LogP) is 7.71. The van der Waals surface area contributed by atoms with Crippen LogP contribution in [0.25, 0.3) is 0 Å². The van der Waals surface area contributed by atoms with E-state index in [9.17, 15) is 14.3 Å². The third-order valence-electron chi connectivity index (χ3n) is 6.61. The molecule has 0 radical (unpaired) electrons. The highest BCUT2D eigenvalue weighted by atomic mass is 31.2. The fourth-order valence-electron chi connectivity index (χ4n) is 4.28. The van der Waals surface area contributed by atoms with Gasteiger partial charge in [0.25, 0.3) is 0 Å². The second kappa shape index (κ2) is 24.2. The number of hydrogen-bond donors (Lipinski definition) is 1. The Labute approximate surface area is 234 Å². The van der Waals surface area contributed by atoms with Gasteiger partial charge in [-0.1, -0.05) is 103 Å². The Hall–Kier alpha value is -0.660. The number of unbranched alkanes of at least 4 members (excludes halogenated alkanes) is 15. The van der Waals surface area contributed by atoms with Crippen LogP contribution in [0.2, 0.25) is 0 Å². The normalized spacial score (nSPS) is 14.3. The zero-order valence-corrected chi connectivity index (χ0v) is 26.3. The summed E-state index contributed by atoms with van der Waals surface area (Å²) in [6, 6.07) is 0. The Morgan fingerprint density at radius 2 is 1.24 bits per heavy atom. The van der Waals surface area contributed by atoms with E-state index in [1.807, 2.05) is 21.1 Å².